The van der Waals surface area contributed by atoms with E-state index in [9.17, 15) is 14.5 Å². The number of nitrogens with two attached hydrogens (primary N) is 1. The van der Waals surface area contributed by atoms with Crippen molar-refractivity contribution in [1.29, 1.82) is 0 Å². The summed E-state index contributed by atoms with van der Waals surface area (Å²) in [7, 11) is 0. The number of hydrogen-bond acceptors (Lipinski definition) is 3. The van der Waals surface area contributed by atoms with E-state index in [0.717, 1.165) is 12.8 Å². The maximum Gasteiger partial charge on any atom is 0.304 e. The predicted octanol–water partition coefficient (Wildman–Crippen LogP) is 2.79. The van der Waals surface area contributed by atoms with Crippen LogP contribution in [-0.4, -0.2) is 10.5 Å². The molecule has 1 aromatic carbocycles. The summed E-state index contributed by atoms with van der Waals surface area (Å²) in [5.41, 5.74) is 5.83. The molecule has 1 unspecified atom stereocenters. The number of hydrogen-bond donors (Lipinski definition) is 1. The molecule has 0 spiro atoms. The van der Waals surface area contributed by atoms with Gasteiger partial charge in [0, 0.05) is 11.6 Å². The van der Waals surface area contributed by atoms with Crippen molar-refractivity contribution in [3.8, 4) is 0 Å². The first-order valence-electron chi connectivity index (χ1n) is 5.57. The molecule has 0 aliphatic carbocycles. The third-order valence-electron chi connectivity index (χ3n) is 2.64. The maximum atomic E-state index is 13.4. The minimum atomic E-state index is -0.806. The summed E-state index contributed by atoms with van der Waals surface area (Å²) in [6.45, 7) is 3.93. The lowest BCUT2D eigenvalue weighted by molar-refractivity contribution is -0.387. The van der Waals surface area contributed by atoms with E-state index in [-0.39, 0.29) is 0 Å². The topological polar surface area (TPSA) is 69.2 Å². The van der Waals surface area contributed by atoms with Gasteiger partial charge in [0.05, 0.1) is 4.92 Å². The molecule has 0 aliphatic rings. The van der Waals surface area contributed by atoms with Gasteiger partial charge in [0.1, 0.15) is 0 Å². The van der Waals surface area contributed by atoms with Gasteiger partial charge in [-0.2, -0.15) is 4.39 Å². The third kappa shape index (κ3) is 3.78. The summed E-state index contributed by atoms with van der Waals surface area (Å²) in [4.78, 5) is 9.73. The first-order chi connectivity index (χ1) is 7.85. The fourth-order valence-electron chi connectivity index (χ4n) is 1.93. The van der Waals surface area contributed by atoms with Crippen molar-refractivity contribution >= 4 is 5.69 Å². The van der Waals surface area contributed by atoms with Crippen molar-refractivity contribution in [2.75, 3.05) is 0 Å². The van der Waals surface area contributed by atoms with E-state index in [1.807, 2.05) is 13.8 Å². The summed E-state index contributed by atoms with van der Waals surface area (Å²) in [5.74, 6) is -0.806. The van der Waals surface area contributed by atoms with Crippen molar-refractivity contribution in [1.82, 2.24) is 0 Å². The number of nitro benzene ring substituents is 1. The van der Waals surface area contributed by atoms with Gasteiger partial charge in [0.25, 0.3) is 0 Å². The Morgan fingerprint density at radius 2 is 2.18 bits per heavy atom. The Kier molecular flexibility index (Phi) is 4.17. The SMILES string of the molecule is CCCC(C)(N)Cc1ccc([N+](=O)[O-])c(F)c1. The number of halogens is 1. The van der Waals surface area contributed by atoms with Gasteiger partial charge in [0.2, 0.25) is 5.82 Å². The largest absolute Gasteiger partial charge is 0.325 e. The summed E-state index contributed by atoms with van der Waals surface area (Å²) < 4.78 is 13.4. The van der Waals surface area contributed by atoms with E-state index in [2.05, 4.69) is 0 Å². The summed E-state index contributed by atoms with van der Waals surface area (Å²) in [6.07, 6.45) is 2.28. The van der Waals surface area contributed by atoms with Crippen LogP contribution in [0.25, 0.3) is 0 Å². The van der Waals surface area contributed by atoms with Gasteiger partial charge < -0.3 is 5.73 Å². The van der Waals surface area contributed by atoms with Crippen molar-refractivity contribution < 1.29 is 9.31 Å². The van der Waals surface area contributed by atoms with E-state index in [1.165, 1.54) is 12.1 Å². The zero-order valence-corrected chi connectivity index (χ0v) is 10.1. The van der Waals surface area contributed by atoms with E-state index < -0.39 is 22.0 Å². The standard InChI is InChI=1S/C12H17FN2O2/c1-3-6-12(2,14)8-9-4-5-11(15(16)17)10(13)7-9/h4-5,7H,3,6,8,14H2,1-2H3. The van der Waals surface area contributed by atoms with Crippen molar-refractivity contribution in [2.24, 2.45) is 5.73 Å². The van der Waals surface area contributed by atoms with Crippen LogP contribution in [-0.2, 0) is 6.42 Å². The Morgan fingerprint density at radius 1 is 1.53 bits per heavy atom. The van der Waals surface area contributed by atoms with Gasteiger partial charge in [-0.25, -0.2) is 0 Å². The van der Waals surface area contributed by atoms with Crippen LogP contribution < -0.4 is 5.73 Å². The second-order valence-corrected chi connectivity index (χ2v) is 4.62. The molecule has 94 valence electrons. The van der Waals surface area contributed by atoms with Crippen LogP contribution in [0.3, 0.4) is 0 Å². The molecule has 4 nitrogen and oxygen atoms in total. The van der Waals surface area contributed by atoms with Crippen molar-refractivity contribution in [3.63, 3.8) is 0 Å². The van der Waals surface area contributed by atoms with E-state index in [4.69, 9.17) is 5.73 Å². The first-order valence-corrected chi connectivity index (χ1v) is 5.57. The molecular formula is C12H17FN2O2. The second kappa shape index (κ2) is 5.23. The fourth-order valence-corrected chi connectivity index (χ4v) is 1.93. The molecule has 0 heterocycles. The molecule has 5 heteroatoms. The lowest BCUT2D eigenvalue weighted by Gasteiger charge is -2.24. The molecule has 1 atom stereocenters. The highest BCUT2D eigenvalue weighted by Crippen LogP contribution is 2.22. The Morgan fingerprint density at radius 3 is 2.65 bits per heavy atom. The number of nitrogens with zero attached hydrogens (tertiary/aromatic N) is 1. The van der Waals surface area contributed by atoms with Gasteiger partial charge in [-0.3, -0.25) is 10.1 Å². The average molecular weight is 240 g/mol. The molecule has 0 bridgehead atoms. The smallest absolute Gasteiger partial charge is 0.304 e. The normalized spacial score (nSPS) is 14.4. The molecule has 0 amide bonds. The van der Waals surface area contributed by atoms with Crippen LogP contribution >= 0.6 is 0 Å². The van der Waals surface area contributed by atoms with Crippen LogP contribution in [0, 0.1) is 15.9 Å². The molecule has 1 aromatic rings. The van der Waals surface area contributed by atoms with Gasteiger partial charge in [-0.1, -0.05) is 19.4 Å². The Labute approximate surface area is 99.8 Å². The highest BCUT2D eigenvalue weighted by Gasteiger charge is 2.20. The highest BCUT2D eigenvalue weighted by atomic mass is 19.1. The lowest BCUT2D eigenvalue weighted by Crippen LogP contribution is -2.38. The minimum Gasteiger partial charge on any atom is -0.325 e. The van der Waals surface area contributed by atoms with E-state index in [1.54, 1.807) is 6.07 Å². The van der Waals surface area contributed by atoms with Gasteiger partial charge in [0.15, 0.2) is 0 Å². The van der Waals surface area contributed by atoms with Gasteiger partial charge in [-0.05, 0) is 31.4 Å². The fraction of sp³-hybridized carbons (Fsp3) is 0.500. The van der Waals surface area contributed by atoms with E-state index >= 15 is 0 Å². The van der Waals surface area contributed by atoms with Gasteiger partial charge >= 0.3 is 5.69 Å². The number of rotatable bonds is 5. The molecule has 2 N–H and O–H groups in total. The summed E-state index contributed by atoms with van der Waals surface area (Å²) >= 11 is 0. The molecule has 0 aliphatic heterocycles. The Balaban J connectivity index is 2.88. The molecule has 0 aromatic heterocycles. The molecule has 1 rings (SSSR count). The van der Waals surface area contributed by atoms with Crippen molar-refractivity contribution in [2.45, 2.75) is 38.6 Å². The molecule has 0 saturated heterocycles. The Hall–Kier alpha value is -1.49. The Bertz CT molecular complexity index is 419. The second-order valence-electron chi connectivity index (χ2n) is 4.62. The van der Waals surface area contributed by atoms with E-state index in [0.29, 0.717) is 12.0 Å². The molecular weight excluding hydrogens is 223 g/mol. The lowest BCUT2D eigenvalue weighted by atomic mass is 9.89. The first kappa shape index (κ1) is 13.6. The minimum absolute atomic E-state index is 0.405. The molecule has 0 radical (unpaired) electrons. The molecule has 17 heavy (non-hydrogen) atoms. The average Bonchev–Trinajstić information content (AvgIpc) is 2.15. The number of nitro groups is 1. The monoisotopic (exact) mass is 240 g/mol. The van der Waals surface area contributed by atoms with Crippen LogP contribution in [0.4, 0.5) is 10.1 Å². The van der Waals surface area contributed by atoms with Crippen LogP contribution in [0.2, 0.25) is 0 Å². The third-order valence-corrected chi connectivity index (χ3v) is 2.64. The molecule has 0 saturated carbocycles. The predicted molar refractivity (Wildman–Crippen MR) is 64.3 cm³/mol. The number of benzene rings is 1. The zero-order chi connectivity index (χ0) is 13.1. The highest BCUT2D eigenvalue weighted by molar-refractivity contribution is 5.35. The summed E-state index contributed by atoms with van der Waals surface area (Å²) in [5, 5.41) is 10.5. The van der Waals surface area contributed by atoms with Crippen LogP contribution in [0.15, 0.2) is 18.2 Å². The zero-order valence-electron chi connectivity index (χ0n) is 10.1. The van der Waals surface area contributed by atoms with Gasteiger partial charge in [-0.15, -0.1) is 0 Å². The quantitative estimate of drug-likeness (QED) is 0.635. The maximum absolute atomic E-state index is 13.4. The summed E-state index contributed by atoms with van der Waals surface area (Å²) in [6, 6.07) is 3.94. The van der Waals surface area contributed by atoms with Crippen LogP contribution in [0.1, 0.15) is 32.3 Å². The van der Waals surface area contributed by atoms with Crippen LogP contribution in [0.5, 0.6) is 0 Å². The molecule has 0 fully saturated rings. The van der Waals surface area contributed by atoms with Crippen molar-refractivity contribution in [3.05, 3.63) is 39.7 Å².